The summed E-state index contributed by atoms with van der Waals surface area (Å²) in [6, 6.07) is 12.5. The van der Waals surface area contributed by atoms with E-state index in [0.717, 1.165) is 29.7 Å². The van der Waals surface area contributed by atoms with Crippen molar-refractivity contribution in [2.24, 2.45) is 0 Å². The van der Waals surface area contributed by atoms with Crippen molar-refractivity contribution in [3.8, 4) is 5.75 Å². The van der Waals surface area contributed by atoms with Crippen LogP contribution in [0.5, 0.6) is 5.75 Å². The standard InChI is InChI=1S/C16H18N2O3/c1-16(12-2-4-13(5-3-12)18(20)21)15-7-6-14(19)10-11(15)8-9-17-16/h2-7,10,17,19-21H,8-9H2,1H3/t16-/m0/s1. The third kappa shape index (κ3) is 2.35. The van der Waals surface area contributed by atoms with Crippen LogP contribution in [0.4, 0.5) is 5.69 Å². The molecule has 0 spiro atoms. The highest BCUT2D eigenvalue weighted by Gasteiger charge is 2.33. The van der Waals surface area contributed by atoms with Gasteiger partial charge in [0.2, 0.25) is 0 Å². The van der Waals surface area contributed by atoms with Gasteiger partial charge >= 0.3 is 0 Å². The summed E-state index contributed by atoms with van der Waals surface area (Å²) >= 11 is 0. The Morgan fingerprint density at radius 1 is 1.10 bits per heavy atom. The maximum atomic E-state index is 9.64. The van der Waals surface area contributed by atoms with Gasteiger partial charge in [-0.05, 0) is 54.3 Å². The van der Waals surface area contributed by atoms with E-state index in [0.29, 0.717) is 5.69 Å². The van der Waals surface area contributed by atoms with Gasteiger partial charge in [-0.15, -0.1) is 5.23 Å². The molecule has 2 aromatic carbocycles. The van der Waals surface area contributed by atoms with Crippen LogP contribution in [0.2, 0.25) is 0 Å². The Balaban J connectivity index is 2.05. The van der Waals surface area contributed by atoms with Crippen LogP contribution in [-0.4, -0.2) is 22.1 Å². The second-order valence-electron chi connectivity index (χ2n) is 5.48. The van der Waals surface area contributed by atoms with Crippen LogP contribution in [-0.2, 0) is 12.0 Å². The Morgan fingerprint density at radius 2 is 1.81 bits per heavy atom. The summed E-state index contributed by atoms with van der Waals surface area (Å²) < 4.78 is 0. The second kappa shape index (κ2) is 5.04. The van der Waals surface area contributed by atoms with Gasteiger partial charge in [0.1, 0.15) is 5.75 Å². The number of nitrogens with zero attached hydrogens (tertiary/aromatic N) is 1. The number of hydrogen-bond donors (Lipinski definition) is 4. The molecule has 0 saturated heterocycles. The zero-order chi connectivity index (χ0) is 15.0. The number of phenolic OH excluding ortho intramolecular Hbond substituents is 1. The molecule has 0 bridgehead atoms. The fourth-order valence-electron chi connectivity index (χ4n) is 3.00. The largest absolute Gasteiger partial charge is 0.508 e. The first-order chi connectivity index (χ1) is 10.0. The minimum Gasteiger partial charge on any atom is -0.508 e. The molecule has 3 rings (SSSR count). The number of aromatic hydroxyl groups is 1. The maximum Gasteiger partial charge on any atom is 0.115 e. The summed E-state index contributed by atoms with van der Waals surface area (Å²) in [5.74, 6) is 0.282. The van der Waals surface area contributed by atoms with E-state index in [4.69, 9.17) is 10.4 Å². The molecular formula is C16H18N2O3. The van der Waals surface area contributed by atoms with Crippen molar-refractivity contribution in [3.05, 3.63) is 59.2 Å². The Labute approximate surface area is 123 Å². The van der Waals surface area contributed by atoms with Gasteiger partial charge in [0.15, 0.2) is 0 Å². The Bertz CT molecular complexity index is 655. The average molecular weight is 286 g/mol. The maximum absolute atomic E-state index is 9.64. The summed E-state index contributed by atoms with van der Waals surface area (Å²) in [6.45, 7) is 2.91. The van der Waals surface area contributed by atoms with Crippen LogP contribution < -0.4 is 10.5 Å². The fraction of sp³-hybridized carbons (Fsp3) is 0.250. The lowest BCUT2D eigenvalue weighted by atomic mass is 9.78. The van der Waals surface area contributed by atoms with E-state index in [1.165, 1.54) is 0 Å². The van der Waals surface area contributed by atoms with Crippen LogP contribution in [0, 0.1) is 0 Å². The minimum absolute atomic E-state index is 0.104. The van der Waals surface area contributed by atoms with Gasteiger partial charge in [-0.25, -0.2) is 0 Å². The zero-order valence-electron chi connectivity index (χ0n) is 11.7. The molecule has 5 heteroatoms. The highest BCUT2D eigenvalue weighted by Crippen LogP contribution is 2.36. The van der Waals surface area contributed by atoms with Crippen molar-refractivity contribution in [2.75, 3.05) is 11.8 Å². The first-order valence-electron chi connectivity index (χ1n) is 6.86. The molecule has 5 nitrogen and oxygen atoms in total. The molecule has 110 valence electrons. The molecule has 2 aromatic rings. The van der Waals surface area contributed by atoms with Gasteiger partial charge in [-0.1, -0.05) is 18.2 Å². The van der Waals surface area contributed by atoms with E-state index < -0.39 is 0 Å². The predicted octanol–water partition coefficient (Wildman–Crippen LogP) is 2.39. The summed E-state index contributed by atoms with van der Waals surface area (Å²) in [6.07, 6.45) is 0.873. The van der Waals surface area contributed by atoms with Crippen molar-refractivity contribution in [3.63, 3.8) is 0 Å². The van der Waals surface area contributed by atoms with Gasteiger partial charge in [0, 0.05) is 6.54 Å². The summed E-state index contributed by atoms with van der Waals surface area (Å²) in [7, 11) is 0. The predicted molar refractivity (Wildman–Crippen MR) is 78.8 cm³/mol. The average Bonchev–Trinajstić information content (AvgIpc) is 2.47. The first kappa shape index (κ1) is 13.9. The first-order valence-corrected chi connectivity index (χ1v) is 6.86. The lowest BCUT2D eigenvalue weighted by molar-refractivity contribution is 0.0291. The molecule has 1 atom stereocenters. The second-order valence-corrected chi connectivity index (χ2v) is 5.48. The molecule has 0 saturated carbocycles. The molecule has 4 N–H and O–H groups in total. The van der Waals surface area contributed by atoms with Gasteiger partial charge < -0.3 is 10.4 Å². The highest BCUT2D eigenvalue weighted by atomic mass is 16.8. The monoisotopic (exact) mass is 286 g/mol. The van der Waals surface area contributed by atoms with Gasteiger partial charge in [0.25, 0.3) is 0 Å². The summed E-state index contributed by atoms with van der Waals surface area (Å²) in [4.78, 5) is 0. The molecule has 0 fully saturated rings. The van der Waals surface area contributed by atoms with E-state index >= 15 is 0 Å². The number of nitrogens with one attached hydrogen (secondary N) is 1. The number of hydrogen-bond acceptors (Lipinski definition) is 5. The summed E-state index contributed by atoms with van der Waals surface area (Å²) in [5, 5.41) is 31.3. The molecule has 1 aliphatic heterocycles. The van der Waals surface area contributed by atoms with E-state index in [-0.39, 0.29) is 16.5 Å². The van der Waals surface area contributed by atoms with Crippen molar-refractivity contribution in [1.29, 1.82) is 0 Å². The highest BCUT2D eigenvalue weighted by molar-refractivity contribution is 5.50. The molecule has 21 heavy (non-hydrogen) atoms. The molecule has 1 aliphatic rings. The third-order valence-electron chi connectivity index (χ3n) is 4.18. The van der Waals surface area contributed by atoms with E-state index in [2.05, 4.69) is 12.2 Å². The van der Waals surface area contributed by atoms with Crippen LogP contribution in [0.3, 0.4) is 0 Å². The molecular weight excluding hydrogens is 268 g/mol. The van der Waals surface area contributed by atoms with Gasteiger partial charge in [-0.2, -0.15) is 0 Å². The number of benzene rings is 2. The van der Waals surface area contributed by atoms with Gasteiger partial charge in [0.05, 0.1) is 11.2 Å². The van der Waals surface area contributed by atoms with E-state index in [9.17, 15) is 5.11 Å². The normalized spacial score (nSPS) is 20.9. The Hall–Kier alpha value is -2.08. The topological polar surface area (TPSA) is 76.0 Å². The van der Waals surface area contributed by atoms with Crippen LogP contribution in [0.15, 0.2) is 42.5 Å². The van der Waals surface area contributed by atoms with E-state index in [1.54, 1.807) is 18.2 Å². The number of anilines is 1. The molecule has 0 aromatic heterocycles. The number of rotatable bonds is 2. The number of phenols is 1. The molecule has 0 unspecified atom stereocenters. The minimum atomic E-state index is -0.366. The van der Waals surface area contributed by atoms with Crippen LogP contribution in [0.25, 0.3) is 0 Å². The lowest BCUT2D eigenvalue weighted by Crippen LogP contribution is -2.45. The third-order valence-corrected chi connectivity index (χ3v) is 4.18. The van der Waals surface area contributed by atoms with Crippen molar-refractivity contribution in [1.82, 2.24) is 5.32 Å². The Morgan fingerprint density at radius 3 is 2.48 bits per heavy atom. The lowest BCUT2D eigenvalue weighted by Gasteiger charge is -2.38. The molecule has 0 radical (unpaired) electrons. The van der Waals surface area contributed by atoms with Gasteiger partial charge in [-0.3, -0.25) is 10.4 Å². The smallest absolute Gasteiger partial charge is 0.115 e. The molecule has 0 amide bonds. The van der Waals surface area contributed by atoms with Crippen LogP contribution >= 0.6 is 0 Å². The summed E-state index contributed by atoms with van der Waals surface area (Å²) in [5.41, 5.74) is 3.23. The molecule has 1 heterocycles. The van der Waals surface area contributed by atoms with Crippen molar-refractivity contribution < 1.29 is 15.5 Å². The quantitative estimate of drug-likeness (QED) is 0.638. The zero-order valence-corrected chi connectivity index (χ0v) is 11.7. The SMILES string of the molecule is C[C@@]1(c2ccc(N(O)O)cc2)NCCc2cc(O)ccc21. The fourth-order valence-corrected chi connectivity index (χ4v) is 3.00. The van der Waals surface area contributed by atoms with Crippen molar-refractivity contribution >= 4 is 5.69 Å². The van der Waals surface area contributed by atoms with E-state index in [1.807, 2.05) is 24.3 Å². The molecule has 0 aliphatic carbocycles. The van der Waals surface area contributed by atoms with Crippen LogP contribution in [0.1, 0.15) is 23.6 Å². The van der Waals surface area contributed by atoms with Crippen molar-refractivity contribution in [2.45, 2.75) is 18.9 Å². The Kier molecular flexibility index (Phi) is 3.33. The number of fused-ring (bicyclic) bond motifs is 1.